The van der Waals surface area contributed by atoms with Gasteiger partial charge in [-0.1, -0.05) is 0 Å². The molecule has 0 bridgehead atoms. The van der Waals surface area contributed by atoms with E-state index >= 15 is 0 Å². The van der Waals surface area contributed by atoms with E-state index in [1.165, 1.54) is 13.0 Å². The third-order valence-electron chi connectivity index (χ3n) is 2.78. The molecule has 0 unspecified atom stereocenters. The zero-order chi connectivity index (χ0) is 11.5. The van der Waals surface area contributed by atoms with Gasteiger partial charge in [0.1, 0.15) is 0 Å². The molecule has 0 aromatic rings. The van der Waals surface area contributed by atoms with Gasteiger partial charge in [-0.15, -0.1) is 0 Å². The van der Waals surface area contributed by atoms with Crippen molar-refractivity contribution in [1.82, 2.24) is 10.2 Å². The molecule has 1 aliphatic rings. The van der Waals surface area contributed by atoms with Gasteiger partial charge in [0.2, 0.25) is 0 Å². The molecule has 4 heteroatoms. The van der Waals surface area contributed by atoms with E-state index < -0.39 is 0 Å². The zero-order valence-corrected chi connectivity index (χ0v) is 10.5. The summed E-state index contributed by atoms with van der Waals surface area (Å²) >= 11 is 0. The Bertz CT molecular complexity index is 150. The minimum Gasteiger partial charge on any atom is -0.382 e. The molecule has 0 aromatic heterocycles. The molecule has 0 spiro atoms. The molecule has 0 aliphatic carbocycles. The highest BCUT2D eigenvalue weighted by atomic mass is 16.5. The molecule has 1 rings (SSSR count). The van der Waals surface area contributed by atoms with Crippen molar-refractivity contribution in [2.45, 2.75) is 19.8 Å². The molecule has 0 saturated carbocycles. The molecule has 0 radical (unpaired) electrons. The summed E-state index contributed by atoms with van der Waals surface area (Å²) in [5, 5.41) is 3.45. The molecule has 96 valence electrons. The first kappa shape index (κ1) is 13.9. The van der Waals surface area contributed by atoms with Crippen LogP contribution in [-0.4, -0.2) is 64.1 Å². The summed E-state index contributed by atoms with van der Waals surface area (Å²) in [5.41, 5.74) is 0. The number of nitrogens with one attached hydrogen (secondary N) is 1. The minimum atomic E-state index is 0.830. The average Bonchev–Trinajstić information content (AvgIpc) is 2.34. The van der Waals surface area contributed by atoms with Crippen molar-refractivity contribution in [3.05, 3.63) is 0 Å². The lowest BCUT2D eigenvalue weighted by Gasteiger charge is -2.26. The maximum Gasteiger partial charge on any atom is 0.0594 e. The van der Waals surface area contributed by atoms with Gasteiger partial charge in [0.25, 0.3) is 0 Å². The van der Waals surface area contributed by atoms with E-state index in [0.717, 1.165) is 59.0 Å². The van der Waals surface area contributed by atoms with Crippen LogP contribution in [0.2, 0.25) is 0 Å². The third kappa shape index (κ3) is 7.17. The topological polar surface area (TPSA) is 33.7 Å². The first-order valence-corrected chi connectivity index (χ1v) is 6.52. The Kier molecular flexibility index (Phi) is 8.71. The number of morpholine rings is 1. The Labute approximate surface area is 99.3 Å². The zero-order valence-electron chi connectivity index (χ0n) is 10.5. The molecule has 0 atom stereocenters. The van der Waals surface area contributed by atoms with E-state index in [1.54, 1.807) is 0 Å². The molecule has 1 N–H and O–H groups in total. The second-order valence-corrected chi connectivity index (χ2v) is 4.11. The number of nitrogens with zero attached hydrogens (tertiary/aromatic N) is 1. The summed E-state index contributed by atoms with van der Waals surface area (Å²) in [5.74, 6) is 0. The number of rotatable bonds is 9. The smallest absolute Gasteiger partial charge is 0.0594 e. The van der Waals surface area contributed by atoms with Crippen molar-refractivity contribution < 1.29 is 9.47 Å². The van der Waals surface area contributed by atoms with E-state index in [9.17, 15) is 0 Å². The number of ether oxygens (including phenoxy) is 2. The third-order valence-corrected chi connectivity index (χ3v) is 2.78. The first-order valence-electron chi connectivity index (χ1n) is 6.52. The number of hydrogen-bond donors (Lipinski definition) is 1. The van der Waals surface area contributed by atoms with Crippen LogP contribution >= 0.6 is 0 Å². The van der Waals surface area contributed by atoms with Gasteiger partial charge in [0, 0.05) is 26.3 Å². The van der Waals surface area contributed by atoms with Gasteiger partial charge >= 0.3 is 0 Å². The lowest BCUT2D eigenvalue weighted by Crippen LogP contribution is -2.37. The van der Waals surface area contributed by atoms with Crippen LogP contribution in [0.5, 0.6) is 0 Å². The molecule has 1 saturated heterocycles. The van der Waals surface area contributed by atoms with Crippen LogP contribution in [0.25, 0.3) is 0 Å². The van der Waals surface area contributed by atoms with E-state index in [2.05, 4.69) is 10.2 Å². The average molecular weight is 230 g/mol. The second-order valence-electron chi connectivity index (χ2n) is 4.11. The lowest BCUT2D eigenvalue weighted by atomic mass is 10.3. The molecule has 1 aliphatic heterocycles. The summed E-state index contributed by atoms with van der Waals surface area (Å²) in [4.78, 5) is 2.48. The highest BCUT2D eigenvalue weighted by Crippen LogP contribution is 1.97. The monoisotopic (exact) mass is 230 g/mol. The maximum atomic E-state index is 5.31. The van der Waals surface area contributed by atoms with Crippen molar-refractivity contribution in [2.75, 3.05) is 59.2 Å². The van der Waals surface area contributed by atoms with Crippen LogP contribution in [0, 0.1) is 0 Å². The fraction of sp³-hybridized carbons (Fsp3) is 1.00. The normalized spacial score (nSPS) is 17.8. The SMILES string of the molecule is CCOCCCNCCCN1CCOCC1. The Hall–Kier alpha value is -0.160. The highest BCUT2D eigenvalue weighted by Gasteiger charge is 2.08. The first-order chi connectivity index (χ1) is 7.93. The second kappa shape index (κ2) is 10.0. The largest absolute Gasteiger partial charge is 0.382 e. The van der Waals surface area contributed by atoms with Gasteiger partial charge in [-0.2, -0.15) is 0 Å². The molecular weight excluding hydrogens is 204 g/mol. The summed E-state index contributed by atoms with van der Waals surface area (Å²) in [6, 6.07) is 0. The van der Waals surface area contributed by atoms with E-state index in [0.29, 0.717) is 0 Å². The summed E-state index contributed by atoms with van der Waals surface area (Å²) in [6.45, 7) is 11.1. The number of hydrogen-bond acceptors (Lipinski definition) is 4. The maximum absolute atomic E-state index is 5.31. The summed E-state index contributed by atoms with van der Waals surface area (Å²) in [6.07, 6.45) is 2.35. The van der Waals surface area contributed by atoms with Gasteiger partial charge in [0.05, 0.1) is 13.2 Å². The fourth-order valence-electron chi connectivity index (χ4n) is 1.82. The van der Waals surface area contributed by atoms with Crippen molar-refractivity contribution in [3.63, 3.8) is 0 Å². The van der Waals surface area contributed by atoms with Crippen molar-refractivity contribution in [3.8, 4) is 0 Å². The molecule has 1 heterocycles. The molecule has 0 aromatic carbocycles. The predicted molar refractivity (Wildman–Crippen MR) is 65.9 cm³/mol. The van der Waals surface area contributed by atoms with Gasteiger partial charge < -0.3 is 14.8 Å². The van der Waals surface area contributed by atoms with E-state index in [-0.39, 0.29) is 0 Å². The molecule has 4 nitrogen and oxygen atoms in total. The fourth-order valence-corrected chi connectivity index (χ4v) is 1.82. The summed E-state index contributed by atoms with van der Waals surface area (Å²) < 4.78 is 10.6. The van der Waals surface area contributed by atoms with Crippen LogP contribution in [0.4, 0.5) is 0 Å². The van der Waals surface area contributed by atoms with Crippen LogP contribution in [-0.2, 0) is 9.47 Å². The van der Waals surface area contributed by atoms with Gasteiger partial charge in [-0.05, 0) is 39.4 Å². The van der Waals surface area contributed by atoms with Crippen LogP contribution in [0.15, 0.2) is 0 Å². The van der Waals surface area contributed by atoms with Crippen LogP contribution < -0.4 is 5.32 Å². The predicted octanol–water partition coefficient (Wildman–Crippen LogP) is 0.725. The van der Waals surface area contributed by atoms with Crippen molar-refractivity contribution in [2.24, 2.45) is 0 Å². The molecule has 16 heavy (non-hydrogen) atoms. The minimum absolute atomic E-state index is 0.830. The van der Waals surface area contributed by atoms with E-state index in [1.807, 2.05) is 6.92 Å². The lowest BCUT2D eigenvalue weighted by molar-refractivity contribution is 0.0374. The van der Waals surface area contributed by atoms with Crippen molar-refractivity contribution in [1.29, 1.82) is 0 Å². The Morgan fingerprint density at radius 3 is 2.69 bits per heavy atom. The molecule has 1 fully saturated rings. The Morgan fingerprint density at radius 1 is 1.19 bits per heavy atom. The van der Waals surface area contributed by atoms with E-state index in [4.69, 9.17) is 9.47 Å². The van der Waals surface area contributed by atoms with Crippen LogP contribution in [0.3, 0.4) is 0 Å². The quantitative estimate of drug-likeness (QED) is 0.592. The standard InChI is InChI=1S/C12H26N2O2/c1-2-15-10-4-6-13-5-3-7-14-8-11-16-12-9-14/h13H,2-12H2,1H3. The Morgan fingerprint density at radius 2 is 1.94 bits per heavy atom. The molecular formula is C12H26N2O2. The van der Waals surface area contributed by atoms with Crippen LogP contribution in [0.1, 0.15) is 19.8 Å². The highest BCUT2D eigenvalue weighted by molar-refractivity contribution is 4.62. The van der Waals surface area contributed by atoms with Gasteiger partial charge in [-0.3, -0.25) is 4.90 Å². The molecule has 0 amide bonds. The summed E-state index contributed by atoms with van der Waals surface area (Å²) in [7, 11) is 0. The Balaban J connectivity index is 1.77. The van der Waals surface area contributed by atoms with Gasteiger partial charge in [0.15, 0.2) is 0 Å². The van der Waals surface area contributed by atoms with Gasteiger partial charge in [-0.25, -0.2) is 0 Å². The van der Waals surface area contributed by atoms with Crippen molar-refractivity contribution >= 4 is 0 Å².